The lowest BCUT2D eigenvalue weighted by Gasteiger charge is -2.31. The van der Waals surface area contributed by atoms with Gasteiger partial charge in [0.25, 0.3) is 0 Å². The van der Waals surface area contributed by atoms with Gasteiger partial charge in [0, 0.05) is 19.0 Å². The van der Waals surface area contributed by atoms with Crippen LogP contribution in [0.25, 0.3) is 0 Å². The lowest BCUT2D eigenvalue weighted by atomic mass is 9.91. The molecule has 14 heavy (non-hydrogen) atoms. The number of hydrogen-bond donors (Lipinski definition) is 2. The largest absolute Gasteiger partial charge is 0.497 e. The van der Waals surface area contributed by atoms with Gasteiger partial charge in [0.15, 0.2) is 0 Å². The minimum atomic E-state index is -0.369. The molecule has 1 atom stereocenters. The Hall–Kier alpha value is -1.06. The molecule has 76 valence electrons. The molecule has 0 spiro atoms. The monoisotopic (exact) mass is 193 g/mol. The summed E-state index contributed by atoms with van der Waals surface area (Å²) in [6.07, 6.45) is -0.369. The first kappa shape index (κ1) is 9.49. The van der Waals surface area contributed by atoms with Crippen LogP contribution in [0.1, 0.15) is 11.7 Å². The lowest BCUT2D eigenvalue weighted by molar-refractivity contribution is 0.0765. The van der Waals surface area contributed by atoms with Crippen molar-refractivity contribution in [1.82, 2.24) is 5.32 Å². The van der Waals surface area contributed by atoms with Crippen molar-refractivity contribution in [2.75, 3.05) is 20.2 Å². The molecule has 1 fully saturated rings. The van der Waals surface area contributed by atoms with E-state index >= 15 is 0 Å². The maximum absolute atomic E-state index is 9.96. The Bertz CT molecular complexity index is 310. The number of methoxy groups -OCH3 is 1. The van der Waals surface area contributed by atoms with Crippen LogP contribution in [0.3, 0.4) is 0 Å². The van der Waals surface area contributed by atoms with E-state index in [0.717, 1.165) is 24.4 Å². The predicted octanol–water partition coefficient (Wildman–Crippen LogP) is 0.948. The van der Waals surface area contributed by atoms with Gasteiger partial charge in [-0.2, -0.15) is 0 Å². The first-order chi connectivity index (χ1) is 6.81. The Morgan fingerprint density at radius 1 is 1.50 bits per heavy atom. The molecule has 2 N–H and O–H groups in total. The van der Waals surface area contributed by atoms with Crippen LogP contribution in [0.4, 0.5) is 0 Å². The normalized spacial score (nSPS) is 18.7. The van der Waals surface area contributed by atoms with Gasteiger partial charge in [0.2, 0.25) is 0 Å². The molecule has 1 heterocycles. The third-order valence-corrected chi connectivity index (χ3v) is 2.69. The Balaban J connectivity index is 2.13. The van der Waals surface area contributed by atoms with Crippen molar-refractivity contribution >= 4 is 0 Å². The van der Waals surface area contributed by atoms with E-state index in [1.165, 1.54) is 0 Å². The van der Waals surface area contributed by atoms with Gasteiger partial charge in [-0.3, -0.25) is 0 Å². The predicted molar refractivity (Wildman–Crippen MR) is 54.3 cm³/mol. The molecule has 1 aliphatic rings. The molecule has 3 heteroatoms. The lowest BCUT2D eigenvalue weighted by Crippen LogP contribution is -2.45. The highest BCUT2D eigenvalue weighted by Gasteiger charge is 2.26. The first-order valence-electron chi connectivity index (χ1n) is 4.84. The maximum atomic E-state index is 9.96. The Labute approximate surface area is 83.7 Å². The molecule has 0 bridgehead atoms. The van der Waals surface area contributed by atoms with Crippen LogP contribution in [0.15, 0.2) is 24.3 Å². The van der Waals surface area contributed by atoms with Crippen LogP contribution in [0.2, 0.25) is 0 Å². The van der Waals surface area contributed by atoms with Gasteiger partial charge in [-0.1, -0.05) is 12.1 Å². The van der Waals surface area contributed by atoms with E-state index in [4.69, 9.17) is 4.74 Å². The van der Waals surface area contributed by atoms with Gasteiger partial charge in [-0.15, -0.1) is 0 Å². The quantitative estimate of drug-likeness (QED) is 0.751. The summed E-state index contributed by atoms with van der Waals surface area (Å²) in [6, 6.07) is 7.62. The third-order valence-electron chi connectivity index (χ3n) is 2.69. The second-order valence-corrected chi connectivity index (χ2v) is 3.64. The molecular weight excluding hydrogens is 178 g/mol. The summed E-state index contributed by atoms with van der Waals surface area (Å²) >= 11 is 0. The molecule has 0 saturated carbocycles. The van der Waals surface area contributed by atoms with E-state index in [1.807, 2.05) is 24.3 Å². The average molecular weight is 193 g/mol. The molecule has 1 saturated heterocycles. The summed E-state index contributed by atoms with van der Waals surface area (Å²) in [4.78, 5) is 0. The van der Waals surface area contributed by atoms with Crippen molar-refractivity contribution in [3.05, 3.63) is 29.8 Å². The Morgan fingerprint density at radius 3 is 2.86 bits per heavy atom. The van der Waals surface area contributed by atoms with Gasteiger partial charge in [-0.05, 0) is 17.7 Å². The van der Waals surface area contributed by atoms with Gasteiger partial charge in [0.1, 0.15) is 5.75 Å². The van der Waals surface area contributed by atoms with Crippen LogP contribution in [-0.4, -0.2) is 25.3 Å². The molecule has 0 aliphatic carbocycles. The number of benzene rings is 1. The van der Waals surface area contributed by atoms with E-state index in [0.29, 0.717) is 5.92 Å². The van der Waals surface area contributed by atoms with E-state index in [2.05, 4.69) is 5.32 Å². The van der Waals surface area contributed by atoms with E-state index in [9.17, 15) is 5.11 Å². The molecule has 1 aromatic rings. The van der Waals surface area contributed by atoms with Crippen molar-refractivity contribution in [3.63, 3.8) is 0 Å². The van der Waals surface area contributed by atoms with Crippen LogP contribution < -0.4 is 10.1 Å². The fourth-order valence-electron chi connectivity index (χ4n) is 1.63. The zero-order valence-electron chi connectivity index (χ0n) is 8.23. The fourth-order valence-corrected chi connectivity index (χ4v) is 1.63. The molecule has 0 aromatic heterocycles. The van der Waals surface area contributed by atoms with Crippen molar-refractivity contribution < 1.29 is 9.84 Å². The summed E-state index contributed by atoms with van der Waals surface area (Å²) in [5, 5.41) is 13.1. The highest BCUT2D eigenvalue weighted by atomic mass is 16.5. The molecule has 1 aromatic carbocycles. The number of hydrogen-bond acceptors (Lipinski definition) is 3. The van der Waals surface area contributed by atoms with Gasteiger partial charge >= 0.3 is 0 Å². The Kier molecular flexibility index (Phi) is 2.70. The number of aliphatic hydroxyl groups is 1. The highest BCUT2D eigenvalue weighted by molar-refractivity contribution is 5.30. The van der Waals surface area contributed by atoms with Crippen LogP contribution in [-0.2, 0) is 0 Å². The SMILES string of the molecule is COc1cccc(C(O)C2CNC2)c1. The minimum Gasteiger partial charge on any atom is -0.497 e. The number of ether oxygens (including phenoxy) is 1. The summed E-state index contributed by atoms with van der Waals surface area (Å²) in [5.74, 6) is 1.15. The van der Waals surface area contributed by atoms with Crippen LogP contribution >= 0.6 is 0 Å². The van der Waals surface area contributed by atoms with Crippen molar-refractivity contribution in [3.8, 4) is 5.75 Å². The van der Waals surface area contributed by atoms with Gasteiger partial charge in [0.05, 0.1) is 13.2 Å². The summed E-state index contributed by atoms with van der Waals surface area (Å²) in [5.41, 5.74) is 0.941. The van der Waals surface area contributed by atoms with Gasteiger partial charge in [-0.25, -0.2) is 0 Å². The van der Waals surface area contributed by atoms with E-state index in [-0.39, 0.29) is 6.10 Å². The molecule has 1 aliphatic heterocycles. The zero-order valence-corrected chi connectivity index (χ0v) is 8.23. The Morgan fingerprint density at radius 2 is 2.29 bits per heavy atom. The molecule has 3 nitrogen and oxygen atoms in total. The first-order valence-corrected chi connectivity index (χ1v) is 4.84. The van der Waals surface area contributed by atoms with E-state index in [1.54, 1.807) is 7.11 Å². The van der Waals surface area contributed by atoms with Crippen LogP contribution in [0, 0.1) is 5.92 Å². The number of aliphatic hydroxyl groups excluding tert-OH is 1. The highest BCUT2D eigenvalue weighted by Crippen LogP contribution is 2.27. The third kappa shape index (κ3) is 1.74. The molecule has 0 radical (unpaired) electrons. The molecule has 2 rings (SSSR count). The molecular formula is C11H15NO2. The second-order valence-electron chi connectivity index (χ2n) is 3.64. The van der Waals surface area contributed by atoms with Crippen LogP contribution in [0.5, 0.6) is 5.75 Å². The van der Waals surface area contributed by atoms with Crippen molar-refractivity contribution in [1.29, 1.82) is 0 Å². The maximum Gasteiger partial charge on any atom is 0.119 e. The topological polar surface area (TPSA) is 41.5 Å². The minimum absolute atomic E-state index is 0.349. The summed E-state index contributed by atoms with van der Waals surface area (Å²) in [7, 11) is 1.64. The van der Waals surface area contributed by atoms with E-state index < -0.39 is 0 Å². The smallest absolute Gasteiger partial charge is 0.119 e. The second kappa shape index (κ2) is 3.98. The molecule has 0 amide bonds. The fraction of sp³-hybridized carbons (Fsp3) is 0.455. The summed E-state index contributed by atoms with van der Waals surface area (Å²) < 4.78 is 5.11. The van der Waals surface area contributed by atoms with Crippen molar-refractivity contribution in [2.45, 2.75) is 6.10 Å². The summed E-state index contributed by atoms with van der Waals surface area (Å²) in [6.45, 7) is 1.80. The van der Waals surface area contributed by atoms with Crippen molar-refractivity contribution in [2.24, 2.45) is 5.92 Å². The zero-order chi connectivity index (χ0) is 9.97. The number of rotatable bonds is 3. The number of nitrogens with one attached hydrogen (secondary N) is 1. The van der Waals surface area contributed by atoms with Gasteiger partial charge < -0.3 is 15.2 Å². The standard InChI is InChI=1S/C11H15NO2/c1-14-10-4-2-3-8(5-10)11(13)9-6-12-7-9/h2-5,9,11-13H,6-7H2,1H3. The average Bonchev–Trinajstić information content (AvgIpc) is 2.15. The molecule has 1 unspecified atom stereocenters.